The highest BCUT2D eigenvalue weighted by Crippen LogP contribution is 2.27. The zero-order chi connectivity index (χ0) is 17.8. The Morgan fingerprint density at radius 2 is 2.00 bits per heavy atom. The van der Waals surface area contributed by atoms with Gasteiger partial charge in [0.05, 0.1) is 13.3 Å². The van der Waals surface area contributed by atoms with E-state index in [0.717, 1.165) is 16.1 Å². The molecule has 0 aliphatic heterocycles. The standard InChI is InChI=1S/C19H17ClN2O2S/c1-22(12-14-10-15(20)8-9-16(14)24-2)19(23)17-11-21-18(25-17)13-6-4-3-5-7-13/h3-11H,12H2,1-2H3. The van der Waals surface area contributed by atoms with E-state index in [4.69, 9.17) is 16.3 Å². The van der Waals surface area contributed by atoms with Gasteiger partial charge < -0.3 is 9.64 Å². The molecule has 0 atom stereocenters. The van der Waals surface area contributed by atoms with Crippen molar-refractivity contribution < 1.29 is 9.53 Å². The molecule has 25 heavy (non-hydrogen) atoms. The number of benzene rings is 2. The number of aromatic nitrogens is 1. The Morgan fingerprint density at radius 3 is 2.72 bits per heavy atom. The van der Waals surface area contributed by atoms with Gasteiger partial charge >= 0.3 is 0 Å². The van der Waals surface area contributed by atoms with Crippen molar-refractivity contribution in [3.63, 3.8) is 0 Å². The molecule has 0 spiro atoms. The van der Waals surface area contributed by atoms with E-state index in [2.05, 4.69) is 4.98 Å². The van der Waals surface area contributed by atoms with E-state index in [9.17, 15) is 4.79 Å². The lowest BCUT2D eigenvalue weighted by Crippen LogP contribution is -2.25. The predicted molar refractivity (Wildman–Crippen MR) is 101 cm³/mol. The Kier molecular flexibility index (Phi) is 5.36. The van der Waals surface area contributed by atoms with E-state index >= 15 is 0 Å². The number of ether oxygens (including phenoxy) is 1. The lowest BCUT2D eigenvalue weighted by Gasteiger charge is -2.18. The fraction of sp³-hybridized carbons (Fsp3) is 0.158. The highest BCUT2D eigenvalue weighted by atomic mass is 35.5. The molecule has 128 valence electrons. The van der Waals surface area contributed by atoms with Crippen molar-refractivity contribution >= 4 is 28.8 Å². The molecule has 2 aromatic carbocycles. The minimum absolute atomic E-state index is 0.0818. The molecule has 4 nitrogen and oxygen atoms in total. The Bertz CT molecular complexity index is 880. The first-order valence-corrected chi connectivity index (χ1v) is 8.87. The number of carbonyl (C=O) groups excluding carboxylic acids is 1. The van der Waals surface area contributed by atoms with Crippen LogP contribution in [0, 0.1) is 0 Å². The van der Waals surface area contributed by atoms with Gasteiger partial charge in [-0.15, -0.1) is 11.3 Å². The fourth-order valence-corrected chi connectivity index (χ4v) is 3.58. The molecule has 1 heterocycles. The molecule has 1 amide bonds. The molecule has 0 N–H and O–H groups in total. The summed E-state index contributed by atoms with van der Waals surface area (Å²) in [4.78, 5) is 19.3. The molecular formula is C19H17ClN2O2S. The van der Waals surface area contributed by atoms with Gasteiger partial charge in [-0.3, -0.25) is 4.79 Å². The minimum atomic E-state index is -0.0818. The van der Waals surface area contributed by atoms with Gasteiger partial charge in [0.25, 0.3) is 5.91 Å². The van der Waals surface area contributed by atoms with Crippen LogP contribution >= 0.6 is 22.9 Å². The van der Waals surface area contributed by atoms with E-state index in [0.29, 0.717) is 22.2 Å². The van der Waals surface area contributed by atoms with Crippen molar-refractivity contribution in [3.8, 4) is 16.3 Å². The summed E-state index contributed by atoms with van der Waals surface area (Å²) in [7, 11) is 3.36. The van der Waals surface area contributed by atoms with E-state index in [1.807, 2.05) is 36.4 Å². The Balaban J connectivity index is 1.77. The third kappa shape index (κ3) is 4.00. The maximum absolute atomic E-state index is 12.7. The fourth-order valence-electron chi connectivity index (χ4n) is 2.47. The molecular weight excluding hydrogens is 356 g/mol. The summed E-state index contributed by atoms with van der Waals surface area (Å²) in [6.45, 7) is 0.404. The van der Waals surface area contributed by atoms with Gasteiger partial charge in [-0.25, -0.2) is 4.98 Å². The zero-order valence-electron chi connectivity index (χ0n) is 13.9. The SMILES string of the molecule is COc1ccc(Cl)cc1CN(C)C(=O)c1cnc(-c2ccccc2)s1. The number of hydrogen-bond acceptors (Lipinski definition) is 4. The van der Waals surface area contributed by atoms with Gasteiger partial charge in [0.2, 0.25) is 0 Å². The van der Waals surface area contributed by atoms with E-state index in [1.54, 1.807) is 37.4 Å². The molecule has 3 aromatic rings. The van der Waals surface area contributed by atoms with E-state index in [1.165, 1.54) is 11.3 Å². The smallest absolute Gasteiger partial charge is 0.265 e. The monoisotopic (exact) mass is 372 g/mol. The average molecular weight is 373 g/mol. The number of thiazole rings is 1. The third-order valence-corrected chi connectivity index (χ3v) is 5.00. The van der Waals surface area contributed by atoms with Crippen LogP contribution in [0.2, 0.25) is 5.02 Å². The van der Waals surface area contributed by atoms with Crippen molar-refractivity contribution in [1.29, 1.82) is 0 Å². The molecule has 0 aliphatic carbocycles. The summed E-state index contributed by atoms with van der Waals surface area (Å²) in [5, 5.41) is 1.44. The van der Waals surface area contributed by atoms with Crippen molar-refractivity contribution in [1.82, 2.24) is 9.88 Å². The predicted octanol–water partition coefficient (Wildman–Crippen LogP) is 4.74. The Labute approximate surface area is 155 Å². The van der Waals surface area contributed by atoms with Crippen LogP contribution in [0.15, 0.2) is 54.7 Å². The second-order valence-corrected chi connectivity index (χ2v) is 6.98. The number of halogens is 1. The Hall–Kier alpha value is -2.37. The maximum Gasteiger partial charge on any atom is 0.265 e. The van der Waals surface area contributed by atoms with Crippen LogP contribution in [0.4, 0.5) is 0 Å². The summed E-state index contributed by atoms with van der Waals surface area (Å²) < 4.78 is 5.34. The second kappa shape index (κ2) is 7.68. The molecule has 0 bridgehead atoms. The largest absolute Gasteiger partial charge is 0.496 e. The summed E-state index contributed by atoms with van der Waals surface area (Å²) in [6.07, 6.45) is 1.63. The lowest BCUT2D eigenvalue weighted by atomic mass is 10.2. The van der Waals surface area contributed by atoms with Crippen LogP contribution in [-0.2, 0) is 6.54 Å². The first kappa shape index (κ1) is 17.5. The quantitative estimate of drug-likeness (QED) is 0.649. The van der Waals surface area contributed by atoms with Crippen molar-refractivity contribution in [3.05, 3.63) is 70.2 Å². The average Bonchev–Trinajstić information content (AvgIpc) is 3.12. The molecule has 0 saturated carbocycles. The van der Waals surface area contributed by atoms with Crippen molar-refractivity contribution in [2.75, 3.05) is 14.2 Å². The molecule has 0 fully saturated rings. The number of rotatable bonds is 5. The lowest BCUT2D eigenvalue weighted by molar-refractivity contribution is 0.0788. The van der Waals surface area contributed by atoms with Gasteiger partial charge in [-0.1, -0.05) is 41.9 Å². The van der Waals surface area contributed by atoms with Crippen molar-refractivity contribution in [2.24, 2.45) is 0 Å². The molecule has 0 radical (unpaired) electrons. The highest BCUT2D eigenvalue weighted by molar-refractivity contribution is 7.16. The van der Waals surface area contributed by atoms with Crippen LogP contribution in [0.5, 0.6) is 5.75 Å². The molecule has 1 aromatic heterocycles. The van der Waals surface area contributed by atoms with Crippen LogP contribution in [0.3, 0.4) is 0 Å². The van der Waals surface area contributed by atoms with Gasteiger partial charge in [-0.2, -0.15) is 0 Å². The molecule has 3 rings (SSSR count). The van der Waals surface area contributed by atoms with Crippen LogP contribution in [0.25, 0.3) is 10.6 Å². The van der Waals surface area contributed by atoms with Gasteiger partial charge in [-0.05, 0) is 18.2 Å². The highest BCUT2D eigenvalue weighted by Gasteiger charge is 2.17. The van der Waals surface area contributed by atoms with Gasteiger partial charge in [0, 0.05) is 29.7 Å². The normalized spacial score (nSPS) is 10.5. The Morgan fingerprint density at radius 1 is 1.24 bits per heavy atom. The number of methoxy groups -OCH3 is 1. The van der Waals surface area contributed by atoms with Gasteiger partial charge in [0.15, 0.2) is 0 Å². The molecule has 0 saturated heterocycles. The first-order chi connectivity index (χ1) is 12.1. The van der Waals surface area contributed by atoms with Gasteiger partial charge in [0.1, 0.15) is 15.6 Å². The maximum atomic E-state index is 12.7. The minimum Gasteiger partial charge on any atom is -0.496 e. The summed E-state index contributed by atoms with van der Waals surface area (Å²) in [6, 6.07) is 15.2. The zero-order valence-corrected chi connectivity index (χ0v) is 15.5. The topological polar surface area (TPSA) is 42.4 Å². The van der Waals surface area contributed by atoms with Crippen molar-refractivity contribution in [2.45, 2.75) is 6.54 Å². The molecule has 0 unspecified atom stereocenters. The number of nitrogens with zero attached hydrogens (tertiary/aromatic N) is 2. The summed E-state index contributed by atoms with van der Waals surface area (Å²) in [5.41, 5.74) is 1.87. The number of amides is 1. The van der Waals surface area contributed by atoms with E-state index < -0.39 is 0 Å². The number of carbonyl (C=O) groups is 1. The van der Waals surface area contributed by atoms with E-state index in [-0.39, 0.29) is 5.91 Å². The molecule has 6 heteroatoms. The summed E-state index contributed by atoms with van der Waals surface area (Å²) >= 11 is 7.44. The molecule has 0 aliphatic rings. The second-order valence-electron chi connectivity index (χ2n) is 5.51. The van der Waals surface area contributed by atoms with Crippen LogP contribution < -0.4 is 4.74 Å². The first-order valence-electron chi connectivity index (χ1n) is 7.67. The summed E-state index contributed by atoms with van der Waals surface area (Å²) in [5.74, 6) is 0.625. The number of hydrogen-bond donors (Lipinski definition) is 0. The van der Waals surface area contributed by atoms with Crippen LogP contribution in [0.1, 0.15) is 15.2 Å². The van der Waals surface area contributed by atoms with Crippen LogP contribution in [-0.4, -0.2) is 29.9 Å². The third-order valence-electron chi connectivity index (χ3n) is 3.73.